The zero-order chi connectivity index (χ0) is 14.5. The Hall–Kier alpha value is -0.730. The first kappa shape index (κ1) is 15.7. The van der Waals surface area contributed by atoms with Crippen LogP contribution in [-0.4, -0.2) is 6.54 Å². The van der Waals surface area contributed by atoms with Crippen molar-refractivity contribution >= 4 is 34.8 Å². The van der Waals surface area contributed by atoms with E-state index >= 15 is 0 Å². The van der Waals surface area contributed by atoms with Gasteiger partial charge in [0.15, 0.2) is 0 Å². The second-order valence-corrected chi connectivity index (χ2v) is 5.81. The number of hydrogen-bond donors (Lipinski definition) is 1. The molecular weight excluding hydrogens is 313 g/mol. The largest absolute Gasteiger partial charge is 0.306 e. The Morgan fingerprint density at radius 2 is 1.80 bits per heavy atom. The summed E-state index contributed by atoms with van der Waals surface area (Å²) in [7, 11) is 0. The minimum Gasteiger partial charge on any atom is -0.306 e. The predicted octanol–water partition coefficient (Wildman–Crippen LogP) is 5.74. The number of halogens is 3. The average molecular weight is 329 g/mol. The first-order valence-electron chi connectivity index (χ1n) is 6.56. The Balaban J connectivity index is 2.44. The third-order valence-corrected chi connectivity index (χ3v) is 4.14. The highest BCUT2D eigenvalue weighted by Crippen LogP contribution is 2.33. The van der Waals surface area contributed by atoms with Crippen LogP contribution in [-0.2, 0) is 0 Å². The van der Waals surface area contributed by atoms with Crippen LogP contribution in [0.15, 0.2) is 42.5 Å². The van der Waals surface area contributed by atoms with Crippen LogP contribution in [0.1, 0.15) is 30.5 Å². The lowest BCUT2D eigenvalue weighted by molar-refractivity contribution is 0.599. The van der Waals surface area contributed by atoms with Crippen molar-refractivity contribution in [3.05, 3.63) is 68.7 Å². The van der Waals surface area contributed by atoms with Crippen molar-refractivity contribution in [2.45, 2.75) is 19.4 Å². The Labute approximate surface area is 134 Å². The first-order chi connectivity index (χ1) is 9.63. The van der Waals surface area contributed by atoms with Gasteiger partial charge in [-0.05, 0) is 42.3 Å². The number of hydrogen-bond acceptors (Lipinski definition) is 1. The van der Waals surface area contributed by atoms with Crippen LogP contribution >= 0.6 is 34.8 Å². The van der Waals surface area contributed by atoms with Gasteiger partial charge in [-0.15, -0.1) is 0 Å². The molecule has 0 aliphatic rings. The lowest BCUT2D eigenvalue weighted by Gasteiger charge is -2.21. The molecule has 2 rings (SSSR count). The fourth-order valence-corrected chi connectivity index (χ4v) is 2.74. The van der Waals surface area contributed by atoms with Gasteiger partial charge in [-0.25, -0.2) is 0 Å². The van der Waals surface area contributed by atoms with Crippen molar-refractivity contribution in [3.8, 4) is 0 Å². The van der Waals surface area contributed by atoms with Crippen LogP contribution in [0.2, 0.25) is 15.1 Å². The maximum atomic E-state index is 6.35. The SMILES string of the molecule is CCCNC(c1cccc(Cl)c1)c1cccc(Cl)c1Cl. The summed E-state index contributed by atoms with van der Waals surface area (Å²) < 4.78 is 0. The van der Waals surface area contributed by atoms with E-state index in [4.69, 9.17) is 34.8 Å². The number of nitrogens with one attached hydrogen (secondary N) is 1. The third-order valence-electron chi connectivity index (χ3n) is 3.07. The lowest BCUT2D eigenvalue weighted by atomic mass is 9.98. The van der Waals surface area contributed by atoms with Crippen molar-refractivity contribution < 1.29 is 0 Å². The molecule has 0 fully saturated rings. The molecule has 0 saturated heterocycles. The van der Waals surface area contributed by atoms with E-state index in [1.165, 1.54) is 0 Å². The van der Waals surface area contributed by atoms with E-state index in [-0.39, 0.29) is 6.04 Å². The molecule has 0 aliphatic heterocycles. The molecule has 0 spiro atoms. The molecule has 0 aliphatic carbocycles. The van der Waals surface area contributed by atoms with E-state index in [0.717, 1.165) is 24.1 Å². The van der Waals surface area contributed by atoms with Crippen LogP contribution in [0.25, 0.3) is 0 Å². The smallest absolute Gasteiger partial charge is 0.0643 e. The second-order valence-electron chi connectivity index (χ2n) is 4.59. The van der Waals surface area contributed by atoms with Crippen LogP contribution < -0.4 is 5.32 Å². The summed E-state index contributed by atoms with van der Waals surface area (Å²) in [5.74, 6) is 0. The van der Waals surface area contributed by atoms with Crippen molar-refractivity contribution in [1.82, 2.24) is 5.32 Å². The molecule has 1 nitrogen and oxygen atoms in total. The van der Waals surface area contributed by atoms with E-state index in [9.17, 15) is 0 Å². The molecule has 0 bridgehead atoms. The molecule has 2 aromatic rings. The summed E-state index contributed by atoms with van der Waals surface area (Å²) in [6, 6.07) is 13.5. The second kappa shape index (κ2) is 7.33. The molecule has 0 amide bonds. The fraction of sp³-hybridized carbons (Fsp3) is 0.250. The van der Waals surface area contributed by atoms with Gasteiger partial charge in [-0.1, -0.05) is 66.0 Å². The molecule has 0 aromatic heterocycles. The maximum Gasteiger partial charge on any atom is 0.0643 e. The lowest BCUT2D eigenvalue weighted by Crippen LogP contribution is -2.23. The standard InChI is InChI=1S/C16H16Cl3N/c1-2-9-20-16(11-5-3-6-12(17)10-11)13-7-4-8-14(18)15(13)19/h3-8,10,16,20H,2,9H2,1H3. The van der Waals surface area contributed by atoms with Gasteiger partial charge < -0.3 is 5.32 Å². The summed E-state index contributed by atoms with van der Waals surface area (Å²) in [5.41, 5.74) is 2.05. The van der Waals surface area contributed by atoms with E-state index < -0.39 is 0 Å². The van der Waals surface area contributed by atoms with E-state index in [1.54, 1.807) is 6.07 Å². The topological polar surface area (TPSA) is 12.0 Å². The van der Waals surface area contributed by atoms with Gasteiger partial charge in [0, 0.05) is 5.02 Å². The maximum absolute atomic E-state index is 6.35. The Morgan fingerprint density at radius 3 is 2.50 bits per heavy atom. The highest BCUT2D eigenvalue weighted by Gasteiger charge is 2.17. The first-order valence-corrected chi connectivity index (χ1v) is 7.69. The highest BCUT2D eigenvalue weighted by molar-refractivity contribution is 6.42. The van der Waals surface area contributed by atoms with Crippen LogP contribution in [0.4, 0.5) is 0 Å². The van der Waals surface area contributed by atoms with Gasteiger partial charge >= 0.3 is 0 Å². The van der Waals surface area contributed by atoms with Gasteiger partial charge in [-0.3, -0.25) is 0 Å². The highest BCUT2D eigenvalue weighted by atomic mass is 35.5. The van der Waals surface area contributed by atoms with Gasteiger partial charge in [-0.2, -0.15) is 0 Å². The molecule has 20 heavy (non-hydrogen) atoms. The van der Waals surface area contributed by atoms with Crippen LogP contribution in [0, 0.1) is 0 Å². The Bertz CT molecular complexity index is 584. The molecule has 2 aromatic carbocycles. The predicted molar refractivity (Wildman–Crippen MR) is 88.1 cm³/mol. The van der Waals surface area contributed by atoms with E-state index in [2.05, 4.69) is 12.2 Å². The van der Waals surface area contributed by atoms with Gasteiger partial charge in [0.2, 0.25) is 0 Å². The minimum absolute atomic E-state index is 0.0140. The summed E-state index contributed by atoms with van der Waals surface area (Å²) in [6.45, 7) is 3.02. The van der Waals surface area contributed by atoms with Gasteiger partial charge in [0.1, 0.15) is 0 Å². The van der Waals surface area contributed by atoms with Crippen molar-refractivity contribution in [1.29, 1.82) is 0 Å². The fourth-order valence-electron chi connectivity index (χ4n) is 2.13. The van der Waals surface area contributed by atoms with E-state index in [0.29, 0.717) is 15.1 Å². The molecule has 1 N–H and O–H groups in total. The Kier molecular flexibility index (Phi) is 5.74. The van der Waals surface area contributed by atoms with Gasteiger partial charge in [0.05, 0.1) is 16.1 Å². The zero-order valence-electron chi connectivity index (χ0n) is 11.2. The zero-order valence-corrected chi connectivity index (χ0v) is 13.4. The van der Waals surface area contributed by atoms with Gasteiger partial charge in [0.25, 0.3) is 0 Å². The average Bonchev–Trinajstić information content (AvgIpc) is 2.44. The van der Waals surface area contributed by atoms with Crippen molar-refractivity contribution in [2.24, 2.45) is 0 Å². The molecule has 1 atom stereocenters. The molecule has 0 radical (unpaired) electrons. The molecular formula is C16H16Cl3N. The molecule has 1 unspecified atom stereocenters. The summed E-state index contributed by atoms with van der Waals surface area (Å²) in [5, 5.41) is 5.36. The summed E-state index contributed by atoms with van der Waals surface area (Å²) >= 11 is 18.6. The summed E-state index contributed by atoms with van der Waals surface area (Å²) in [6.07, 6.45) is 1.04. The normalized spacial score (nSPS) is 12.4. The van der Waals surface area contributed by atoms with Crippen LogP contribution in [0.5, 0.6) is 0 Å². The molecule has 4 heteroatoms. The third kappa shape index (κ3) is 3.67. The number of benzene rings is 2. The summed E-state index contributed by atoms with van der Waals surface area (Å²) in [4.78, 5) is 0. The Morgan fingerprint density at radius 1 is 1.05 bits per heavy atom. The van der Waals surface area contributed by atoms with Crippen molar-refractivity contribution in [2.75, 3.05) is 6.54 Å². The minimum atomic E-state index is -0.0140. The van der Waals surface area contributed by atoms with E-state index in [1.807, 2.05) is 36.4 Å². The monoisotopic (exact) mass is 327 g/mol. The molecule has 0 heterocycles. The quantitative estimate of drug-likeness (QED) is 0.738. The molecule has 0 saturated carbocycles. The number of rotatable bonds is 5. The van der Waals surface area contributed by atoms with Crippen molar-refractivity contribution in [3.63, 3.8) is 0 Å². The van der Waals surface area contributed by atoms with Crippen LogP contribution in [0.3, 0.4) is 0 Å². The molecule has 106 valence electrons.